The number of aryl methyl sites for hydroxylation is 1. The second-order valence-corrected chi connectivity index (χ2v) is 7.08. The highest BCUT2D eigenvalue weighted by molar-refractivity contribution is 7.99. The summed E-state index contributed by atoms with van der Waals surface area (Å²) in [5.41, 5.74) is 1.98. The van der Waals surface area contributed by atoms with Crippen LogP contribution in [0.25, 0.3) is 11.0 Å². The van der Waals surface area contributed by atoms with Crippen LogP contribution in [0.3, 0.4) is 0 Å². The van der Waals surface area contributed by atoms with Gasteiger partial charge in [-0.1, -0.05) is 30.3 Å². The molecular weight excluding hydrogens is 318 g/mol. The number of fused-ring (bicyclic) bond motifs is 1. The van der Waals surface area contributed by atoms with E-state index in [4.69, 9.17) is 11.6 Å². The Bertz CT molecular complexity index is 696. The number of thioether (sulfide) groups is 1. The second kappa shape index (κ2) is 6.50. The van der Waals surface area contributed by atoms with Crippen LogP contribution in [0, 0.1) is 0 Å². The van der Waals surface area contributed by atoms with Crippen LogP contribution in [0.1, 0.15) is 26.2 Å². The van der Waals surface area contributed by atoms with Crippen molar-refractivity contribution in [1.29, 1.82) is 0 Å². The molecule has 0 N–H and O–H groups in total. The first-order chi connectivity index (χ1) is 10.6. The molecule has 1 amide bonds. The molecule has 0 spiro atoms. The molecule has 1 heterocycles. The van der Waals surface area contributed by atoms with E-state index in [1.165, 1.54) is 11.8 Å². The lowest BCUT2D eigenvalue weighted by Crippen LogP contribution is -2.30. The van der Waals surface area contributed by atoms with E-state index in [9.17, 15) is 4.79 Å². The zero-order valence-electron chi connectivity index (χ0n) is 12.9. The number of aromatic nitrogens is 2. The van der Waals surface area contributed by atoms with Gasteiger partial charge in [0.05, 0.1) is 16.8 Å². The SMILES string of the molecule is CCCn1c(SCC(=O)N(C)C2CC2)nc2cc(Cl)ccc21. The number of halogens is 1. The van der Waals surface area contributed by atoms with Crippen LogP contribution >= 0.6 is 23.4 Å². The van der Waals surface area contributed by atoms with Crippen LogP contribution < -0.4 is 0 Å². The molecular formula is C16H20ClN3OS. The molecule has 0 saturated heterocycles. The summed E-state index contributed by atoms with van der Waals surface area (Å²) in [5.74, 6) is 0.619. The zero-order chi connectivity index (χ0) is 15.7. The van der Waals surface area contributed by atoms with Crippen LogP contribution in [-0.4, -0.2) is 39.2 Å². The first kappa shape index (κ1) is 15.7. The van der Waals surface area contributed by atoms with Crippen LogP contribution in [-0.2, 0) is 11.3 Å². The van der Waals surface area contributed by atoms with E-state index >= 15 is 0 Å². The Morgan fingerprint density at radius 3 is 2.95 bits per heavy atom. The van der Waals surface area contributed by atoms with E-state index in [2.05, 4.69) is 16.5 Å². The van der Waals surface area contributed by atoms with Gasteiger partial charge in [-0.3, -0.25) is 4.79 Å². The van der Waals surface area contributed by atoms with Gasteiger partial charge in [-0.2, -0.15) is 0 Å². The molecule has 22 heavy (non-hydrogen) atoms. The van der Waals surface area contributed by atoms with E-state index in [1.54, 1.807) is 0 Å². The van der Waals surface area contributed by atoms with E-state index in [-0.39, 0.29) is 5.91 Å². The van der Waals surface area contributed by atoms with Gasteiger partial charge in [0.2, 0.25) is 5.91 Å². The Kier molecular flexibility index (Phi) is 4.64. The number of carbonyl (C=O) groups is 1. The maximum absolute atomic E-state index is 12.2. The molecule has 0 bridgehead atoms. The summed E-state index contributed by atoms with van der Waals surface area (Å²) in [6, 6.07) is 6.23. The molecule has 3 rings (SSSR count). The summed E-state index contributed by atoms with van der Waals surface area (Å²) in [5, 5.41) is 1.59. The predicted octanol–water partition coefficient (Wildman–Crippen LogP) is 3.81. The van der Waals surface area contributed by atoms with Crippen molar-refractivity contribution in [3.63, 3.8) is 0 Å². The number of benzene rings is 1. The maximum Gasteiger partial charge on any atom is 0.233 e. The Morgan fingerprint density at radius 2 is 2.27 bits per heavy atom. The highest BCUT2D eigenvalue weighted by atomic mass is 35.5. The topological polar surface area (TPSA) is 38.1 Å². The lowest BCUT2D eigenvalue weighted by molar-refractivity contribution is -0.127. The molecule has 1 aromatic heterocycles. The lowest BCUT2D eigenvalue weighted by atomic mass is 10.3. The van der Waals surface area contributed by atoms with E-state index < -0.39 is 0 Å². The molecule has 118 valence electrons. The summed E-state index contributed by atoms with van der Waals surface area (Å²) in [4.78, 5) is 18.7. The van der Waals surface area contributed by atoms with Gasteiger partial charge >= 0.3 is 0 Å². The van der Waals surface area contributed by atoms with Gasteiger partial charge in [0.15, 0.2) is 5.16 Å². The van der Waals surface area contributed by atoms with Crippen LogP contribution in [0.15, 0.2) is 23.4 Å². The summed E-state index contributed by atoms with van der Waals surface area (Å²) in [6.45, 7) is 3.04. The summed E-state index contributed by atoms with van der Waals surface area (Å²) < 4.78 is 2.18. The molecule has 0 atom stereocenters. The molecule has 0 radical (unpaired) electrons. The third-order valence-corrected chi connectivity index (χ3v) is 5.13. The monoisotopic (exact) mass is 337 g/mol. The van der Waals surface area contributed by atoms with Crippen molar-refractivity contribution in [1.82, 2.24) is 14.5 Å². The van der Waals surface area contributed by atoms with Gasteiger partial charge in [-0.15, -0.1) is 0 Å². The van der Waals surface area contributed by atoms with E-state index in [0.29, 0.717) is 16.8 Å². The van der Waals surface area contributed by atoms with Crippen LogP contribution in [0.5, 0.6) is 0 Å². The molecule has 6 heteroatoms. The van der Waals surface area contributed by atoms with Crippen LogP contribution in [0.2, 0.25) is 5.02 Å². The molecule has 4 nitrogen and oxygen atoms in total. The van der Waals surface area contributed by atoms with Gasteiger partial charge in [0.25, 0.3) is 0 Å². The largest absolute Gasteiger partial charge is 0.342 e. The van der Waals surface area contributed by atoms with E-state index in [0.717, 1.165) is 42.0 Å². The van der Waals surface area contributed by atoms with Crippen molar-refractivity contribution < 1.29 is 4.79 Å². The fourth-order valence-electron chi connectivity index (χ4n) is 2.52. The van der Waals surface area contributed by atoms with Gasteiger partial charge in [-0.05, 0) is 37.5 Å². The third kappa shape index (κ3) is 3.25. The molecule has 1 aliphatic carbocycles. The number of hydrogen-bond donors (Lipinski definition) is 0. The van der Waals surface area contributed by atoms with Crippen molar-refractivity contribution >= 4 is 40.3 Å². The molecule has 2 aromatic rings. The fourth-order valence-corrected chi connectivity index (χ4v) is 3.66. The lowest BCUT2D eigenvalue weighted by Gasteiger charge is -2.15. The number of amides is 1. The molecule has 1 aliphatic rings. The van der Waals surface area contributed by atoms with Gasteiger partial charge in [0.1, 0.15) is 0 Å². The normalized spacial score (nSPS) is 14.5. The minimum atomic E-state index is 0.181. The third-order valence-electron chi connectivity index (χ3n) is 3.94. The number of imidazole rings is 1. The Morgan fingerprint density at radius 1 is 1.50 bits per heavy atom. The van der Waals surface area contributed by atoms with Crippen molar-refractivity contribution in [3.05, 3.63) is 23.2 Å². The van der Waals surface area contributed by atoms with Crippen molar-refractivity contribution in [2.45, 2.75) is 43.9 Å². The second-order valence-electron chi connectivity index (χ2n) is 5.70. The number of rotatable bonds is 6. The first-order valence-electron chi connectivity index (χ1n) is 7.64. The molecule has 0 unspecified atom stereocenters. The summed E-state index contributed by atoms with van der Waals surface area (Å²) >= 11 is 7.57. The molecule has 1 aromatic carbocycles. The minimum Gasteiger partial charge on any atom is -0.342 e. The molecule has 1 fully saturated rings. The smallest absolute Gasteiger partial charge is 0.233 e. The highest BCUT2D eigenvalue weighted by Crippen LogP contribution is 2.29. The zero-order valence-corrected chi connectivity index (χ0v) is 14.5. The molecule has 1 saturated carbocycles. The average Bonchev–Trinajstić information content (AvgIpc) is 3.29. The van der Waals surface area contributed by atoms with Crippen LogP contribution in [0.4, 0.5) is 0 Å². The first-order valence-corrected chi connectivity index (χ1v) is 9.00. The average molecular weight is 338 g/mol. The standard InChI is InChI=1S/C16H20ClN3OS/c1-3-8-20-14-7-4-11(17)9-13(14)18-16(20)22-10-15(21)19(2)12-5-6-12/h4,7,9,12H,3,5-6,8,10H2,1-2H3. The van der Waals surface area contributed by atoms with E-state index in [1.807, 2.05) is 30.1 Å². The highest BCUT2D eigenvalue weighted by Gasteiger charge is 2.29. The van der Waals surface area contributed by atoms with Crippen molar-refractivity contribution in [3.8, 4) is 0 Å². The molecule has 0 aliphatic heterocycles. The number of nitrogens with zero attached hydrogens (tertiary/aromatic N) is 3. The minimum absolute atomic E-state index is 0.181. The van der Waals surface area contributed by atoms with Crippen molar-refractivity contribution in [2.24, 2.45) is 0 Å². The predicted molar refractivity (Wildman–Crippen MR) is 91.6 cm³/mol. The quantitative estimate of drug-likeness (QED) is 0.752. The van der Waals surface area contributed by atoms with Gasteiger partial charge in [0, 0.05) is 24.7 Å². The Labute approximate surface area is 139 Å². The Balaban J connectivity index is 1.79. The summed E-state index contributed by atoms with van der Waals surface area (Å²) in [6.07, 6.45) is 3.30. The van der Waals surface area contributed by atoms with Gasteiger partial charge < -0.3 is 9.47 Å². The number of carbonyl (C=O) groups excluding carboxylic acids is 1. The van der Waals surface area contributed by atoms with Gasteiger partial charge in [-0.25, -0.2) is 4.98 Å². The Hall–Kier alpha value is -1.20. The maximum atomic E-state index is 12.2. The summed E-state index contributed by atoms with van der Waals surface area (Å²) in [7, 11) is 1.90. The fraction of sp³-hybridized carbons (Fsp3) is 0.500. The number of hydrogen-bond acceptors (Lipinski definition) is 3. The van der Waals surface area contributed by atoms with Crippen molar-refractivity contribution in [2.75, 3.05) is 12.8 Å².